The molecule has 0 aliphatic rings. The van der Waals surface area contributed by atoms with Crippen molar-refractivity contribution in [2.75, 3.05) is 11.6 Å². The SMILES string of the molecule is CCc1c(C)nc(-c2cnc(SC)s2)nc1Nc1ccc(CC(=O)O)cc1. The molecule has 0 saturated heterocycles. The molecule has 140 valence electrons. The van der Waals surface area contributed by atoms with Crippen molar-refractivity contribution in [2.24, 2.45) is 0 Å². The largest absolute Gasteiger partial charge is 0.481 e. The van der Waals surface area contributed by atoms with Gasteiger partial charge in [0.2, 0.25) is 0 Å². The lowest BCUT2D eigenvalue weighted by molar-refractivity contribution is -0.136. The maximum atomic E-state index is 10.8. The van der Waals surface area contributed by atoms with Crippen molar-refractivity contribution in [2.45, 2.75) is 31.0 Å². The molecule has 3 aromatic rings. The molecule has 0 aliphatic heterocycles. The van der Waals surface area contributed by atoms with Crippen molar-refractivity contribution in [3.8, 4) is 10.7 Å². The number of anilines is 2. The first-order valence-corrected chi connectivity index (χ1v) is 10.5. The number of aromatic nitrogens is 3. The van der Waals surface area contributed by atoms with Gasteiger partial charge in [0.15, 0.2) is 5.82 Å². The van der Waals surface area contributed by atoms with Gasteiger partial charge in [0, 0.05) is 16.9 Å². The van der Waals surface area contributed by atoms with Crippen LogP contribution in [0.25, 0.3) is 10.7 Å². The van der Waals surface area contributed by atoms with Crippen molar-refractivity contribution >= 4 is 40.6 Å². The molecule has 27 heavy (non-hydrogen) atoms. The summed E-state index contributed by atoms with van der Waals surface area (Å²) in [6.07, 6.45) is 4.63. The Hall–Kier alpha value is -2.45. The summed E-state index contributed by atoms with van der Waals surface area (Å²) in [5, 5.41) is 12.2. The van der Waals surface area contributed by atoms with Crippen molar-refractivity contribution in [1.29, 1.82) is 0 Å². The number of rotatable bonds is 7. The van der Waals surface area contributed by atoms with Crippen LogP contribution in [0.5, 0.6) is 0 Å². The number of aryl methyl sites for hydroxylation is 1. The van der Waals surface area contributed by atoms with Gasteiger partial charge in [0.1, 0.15) is 10.2 Å². The number of nitrogens with one attached hydrogen (secondary N) is 1. The van der Waals surface area contributed by atoms with Crippen LogP contribution in [0.15, 0.2) is 34.8 Å². The number of thioether (sulfide) groups is 1. The number of carboxylic acids is 1. The van der Waals surface area contributed by atoms with E-state index in [0.717, 1.165) is 44.0 Å². The summed E-state index contributed by atoms with van der Waals surface area (Å²) >= 11 is 3.18. The molecule has 1 aromatic carbocycles. The Bertz CT molecular complexity index is 955. The predicted molar refractivity (Wildman–Crippen MR) is 110 cm³/mol. The molecule has 0 fully saturated rings. The van der Waals surface area contributed by atoms with E-state index in [2.05, 4.69) is 22.2 Å². The van der Waals surface area contributed by atoms with Crippen LogP contribution < -0.4 is 5.32 Å². The molecule has 3 rings (SSSR count). The fourth-order valence-electron chi connectivity index (χ4n) is 2.71. The molecule has 2 N–H and O–H groups in total. The van der Waals surface area contributed by atoms with E-state index in [1.54, 1.807) is 29.3 Å². The third-order valence-electron chi connectivity index (χ3n) is 4.02. The molecule has 0 amide bonds. The number of carboxylic acid groups (broad SMARTS) is 1. The number of benzene rings is 1. The minimum atomic E-state index is -0.839. The summed E-state index contributed by atoms with van der Waals surface area (Å²) in [6.45, 7) is 4.06. The number of hydrogen-bond donors (Lipinski definition) is 2. The molecule has 0 unspecified atom stereocenters. The van der Waals surface area contributed by atoms with Crippen LogP contribution >= 0.6 is 23.1 Å². The van der Waals surface area contributed by atoms with Crippen molar-refractivity contribution in [3.05, 3.63) is 47.3 Å². The van der Waals surface area contributed by atoms with Gasteiger partial charge in [-0.25, -0.2) is 15.0 Å². The second-order valence-corrected chi connectivity index (χ2v) is 7.98. The Morgan fingerprint density at radius 1 is 1.26 bits per heavy atom. The summed E-state index contributed by atoms with van der Waals surface area (Å²) < 4.78 is 0.981. The number of aliphatic carboxylic acids is 1. The minimum Gasteiger partial charge on any atom is -0.481 e. The molecule has 0 radical (unpaired) electrons. The standard InChI is InChI=1S/C19H20N4O2S2/c1-4-14-11(2)21-18(15-10-20-19(26-3)27-15)23-17(14)22-13-7-5-12(6-8-13)9-16(24)25/h5-8,10H,4,9H2,1-3H3,(H,24,25)(H,21,22,23). The van der Waals surface area contributed by atoms with Crippen LogP contribution in [0, 0.1) is 6.92 Å². The smallest absolute Gasteiger partial charge is 0.307 e. The van der Waals surface area contributed by atoms with E-state index >= 15 is 0 Å². The highest BCUT2D eigenvalue weighted by Crippen LogP contribution is 2.31. The fourth-order valence-corrected chi connectivity index (χ4v) is 4.05. The molecule has 2 aromatic heterocycles. The highest BCUT2D eigenvalue weighted by molar-refractivity contribution is 8.00. The van der Waals surface area contributed by atoms with Crippen LogP contribution in [0.3, 0.4) is 0 Å². The fraction of sp³-hybridized carbons (Fsp3) is 0.263. The molecule has 0 aliphatic carbocycles. The van der Waals surface area contributed by atoms with E-state index in [0.29, 0.717) is 5.82 Å². The van der Waals surface area contributed by atoms with E-state index in [9.17, 15) is 4.79 Å². The molecule has 8 heteroatoms. The van der Waals surface area contributed by atoms with Crippen LogP contribution in [0.4, 0.5) is 11.5 Å². The Kier molecular flexibility index (Phi) is 6.08. The van der Waals surface area contributed by atoms with Crippen LogP contribution in [0.2, 0.25) is 0 Å². The minimum absolute atomic E-state index is 0.0143. The molecule has 2 heterocycles. The van der Waals surface area contributed by atoms with E-state index in [1.165, 1.54) is 0 Å². The van der Waals surface area contributed by atoms with E-state index in [1.807, 2.05) is 37.4 Å². The highest BCUT2D eigenvalue weighted by atomic mass is 32.2. The third-order valence-corrected chi connectivity index (χ3v) is 6.01. The average Bonchev–Trinajstić information content (AvgIpc) is 3.12. The zero-order valence-corrected chi connectivity index (χ0v) is 16.9. The maximum absolute atomic E-state index is 10.8. The lowest BCUT2D eigenvalue weighted by Gasteiger charge is -2.13. The van der Waals surface area contributed by atoms with Gasteiger partial charge < -0.3 is 10.4 Å². The summed E-state index contributed by atoms with van der Waals surface area (Å²) in [4.78, 5) is 25.5. The molecule has 0 bridgehead atoms. The van der Waals surface area contributed by atoms with Gasteiger partial charge in [-0.2, -0.15) is 0 Å². The van der Waals surface area contributed by atoms with Gasteiger partial charge in [-0.3, -0.25) is 4.79 Å². The second kappa shape index (κ2) is 8.49. The van der Waals surface area contributed by atoms with Crippen molar-refractivity contribution < 1.29 is 9.90 Å². The van der Waals surface area contributed by atoms with Crippen LogP contribution in [-0.2, 0) is 17.6 Å². The van der Waals surface area contributed by atoms with Crippen molar-refractivity contribution in [3.63, 3.8) is 0 Å². The normalized spacial score (nSPS) is 10.8. The molecule has 0 saturated carbocycles. The predicted octanol–water partition coefficient (Wildman–Crippen LogP) is 4.56. The van der Waals surface area contributed by atoms with Gasteiger partial charge >= 0.3 is 5.97 Å². The van der Waals surface area contributed by atoms with E-state index in [-0.39, 0.29) is 6.42 Å². The monoisotopic (exact) mass is 400 g/mol. The molecular weight excluding hydrogens is 380 g/mol. The lowest BCUT2D eigenvalue weighted by atomic mass is 10.1. The Balaban J connectivity index is 1.92. The second-order valence-electron chi connectivity index (χ2n) is 5.90. The first-order valence-electron chi connectivity index (χ1n) is 8.45. The van der Waals surface area contributed by atoms with E-state index < -0.39 is 5.97 Å². The summed E-state index contributed by atoms with van der Waals surface area (Å²) in [5.41, 5.74) is 3.61. The van der Waals surface area contributed by atoms with Gasteiger partial charge in [-0.05, 0) is 37.3 Å². The van der Waals surface area contributed by atoms with Gasteiger partial charge in [-0.15, -0.1) is 11.3 Å². The van der Waals surface area contributed by atoms with E-state index in [4.69, 9.17) is 10.1 Å². The van der Waals surface area contributed by atoms with Crippen LogP contribution in [0.1, 0.15) is 23.7 Å². The zero-order valence-electron chi connectivity index (χ0n) is 15.3. The lowest BCUT2D eigenvalue weighted by Crippen LogP contribution is -2.05. The maximum Gasteiger partial charge on any atom is 0.307 e. The Labute approximate surface area is 166 Å². The number of nitrogens with zero attached hydrogens (tertiary/aromatic N) is 3. The topological polar surface area (TPSA) is 88.0 Å². The Morgan fingerprint density at radius 3 is 2.59 bits per heavy atom. The highest BCUT2D eigenvalue weighted by Gasteiger charge is 2.14. The zero-order chi connectivity index (χ0) is 19.4. The van der Waals surface area contributed by atoms with Gasteiger partial charge in [-0.1, -0.05) is 30.8 Å². The molecule has 0 spiro atoms. The number of carbonyl (C=O) groups is 1. The number of hydrogen-bond acceptors (Lipinski definition) is 7. The Morgan fingerprint density at radius 2 is 2.00 bits per heavy atom. The quantitative estimate of drug-likeness (QED) is 0.562. The average molecular weight is 401 g/mol. The van der Waals surface area contributed by atoms with Crippen LogP contribution in [-0.4, -0.2) is 32.3 Å². The summed E-state index contributed by atoms with van der Waals surface area (Å²) in [5.74, 6) is 0.590. The summed E-state index contributed by atoms with van der Waals surface area (Å²) in [7, 11) is 0. The molecule has 0 atom stereocenters. The van der Waals surface area contributed by atoms with Gasteiger partial charge in [0.05, 0.1) is 17.5 Å². The molecule has 6 nitrogen and oxygen atoms in total. The van der Waals surface area contributed by atoms with Crippen molar-refractivity contribution in [1.82, 2.24) is 15.0 Å². The summed E-state index contributed by atoms with van der Waals surface area (Å²) in [6, 6.07) is 7.36. The third kappa shape index (κ3) is 4.64. The molecular formula is C19H20N4O2S2. The first-order chi connectivity index (χ1) is 13.0. The number of thiazole rings is 1. The van der Waals surface area contributed by atoms with Gasteiger partial charge in [0.25, 0.3) is 0 Å². The first kappa shape index (κ1) is 19.3.